The molecular formula is C14H16F3N3O4S. The summed E-state index contributed by atoms with van der Waals surface area (Å²) in [6.07, 6.45) is -3.22. The molecular weight excluding hydrogens is 363 g/mol. The van der Waals surface area contributed by atoms with Crippen LogP contribution in [0.1, 0.15) is 18.4 Å². The molecule has 2 N–H and O–H groups in total. The summed E-state index contributed by atoms with van der Waals surface area (Å²) >= 11 is 0. The Morgan fingerprint density at radius 1 is 1.28 bits per heavy atom. The number of aromatic nitrogens is 2. The van der Waals surface area contributed by atoms with Crippen LogP contribution in [0.3, 0.4) is 0 Å². The van der Waals surface area contributed by atoms with Crippen LogP contribution in [-0.4, -0.2) is 44.2 Å². The molecule has 7 nitrogen and oxygen atoms in total. The molecule has 1 aromatic heterocycles. The van der Waals surface area contributed by atoms with Crippen molar-refractivity contribution < 1.29 is 30.8 Å². The monoisotopic (exact) mass is 379 g/mol. The second kappa shape index (κ2) is 7.50. The molecule has 0 aliphatic carbocycles. The van der Waals surface area contributed by atoms with E-state index in [2.05, 4.69) is 14.9 Å². The normalized spacial score (nSPS) is 13.8. The van der Waals surface area contributed by atoms with E-state index in [1.165, 1.54) is 24.3 Å². The van der Waals surface area contributed by atoms with Crippen LogP contribution in [0.25, 0.3) is 11.4 Å². The summed E-state index contributed by atoms with van der Waals surface area (Å²) in [5, 5.41) is 3.73. The maximum atomic E-state index is 12.0. The van der Waals surface area contributed by atoms with E-state index in [4.69, 9.17) is 10.3 Å². The zero-order valence-corrected chi connectivity index (χ0v) is 14.0. The Kier molecular flexibility index (Phi) is 5.80. The zero-order chi connectivity index (χ0) is 18.7. The number of benzene rings is 1. The van der Waals surface area contributed by atoms with Crippen molar-refractivity contribution in [2.24, 2.45) is 5.73 Å². The fraction of sp³-hybridized carbons (Fsp3) is 0.429. The van der Waals surface area contributed by atoms with Crippen LogP contribution in [-0.2, 0) is 14.6 Å². The van der Waals surface area contributed by atoms with Crippen molar-refractivity contribution in [3.05, 3.63) is 30.2 Å². The highest BCUT2D eigenvalue weighted by Crippen LogP contribution is 2.21. The SMILES string of the molecule is CS(=O)(=O)c1ccc(-c2noc(C(N)CCOCC(F)(F)F)n2)cc1. The molecule has 25 heavy (non-hydrogen) atoms. The Morgan fingerprint density at radius 3 is 2.48 bits per heavy atom. The van der Waals surface area contributed by atoms with Crippen molar-refractivity contribution in [3.63, 3.8) is 0 Å². The maximum Gasteiger partial charge on any atom is 0.411 e. The molecule has 0 amide bonds. The molecule has 0 radical (unpaired) electrons. The number of halogens is 3. The molecule has 1 heterocycles. The van der Waals surface area contributed by atoms with Crippen LogP contribution >= 0.6 is 0 Å². The minimum atomic E-state index is -4.39. The highest BCUT2D eigenvalue weighted by atomic mass is 32.2. The second-order valence-electron chi connectivity index (χ2n) is 5.32. The number of alkyl halides is 3. The molecule has 11 heteroatoms. The van der Waals surface area contributed by atoms with Gasteiger partial charge in [-0.1, -0.05) is 5.16 Å². The van der Waals surface area contributed by atoms with Gasteiger partial charge in [0.15, 0.2) is 9.84 Å². The summed E-state index contributed by atoms with van der Waals surface area (Å²) in [5.41, 5.74) is 6.30. The van der Waals surface area contributed by atoms with Gasteiger partial charge in [-0.15, -0.1) is 0 Å². The van der Waals surface area contributed by atoms with Gasteiger partial charge >= 0.3 is 6.18 Å². The summed E-state index contributed by atoms with van der Waals surface area (Å²) in [4.78, 5) is 4.22. The number of ether oxygens (including phenoxy) is 1. The molecule has 0 spiro atoms. The fourth-order valence-corrected chi connectivity index (χ4v) is 2.51. The lowest BCUT2D eigenvalue weighted by Gasteiger charge is -2.09. The van der Waals surface area contributed by atoms with Gasteiger partial charge < -0.3 is 15.0 Å². The molecule has 0 aliphatic rings. The minimum Gasteiger partial charge on any atom is -0.372 e. The average molecular weight is 379 g/mol. The predicted octanol–water partition coefficient (Wildman–Crippen LogP) is 2.11. The van der Waals surface area contributed by atoms with Gasteiger partial charge in [0.2, 0.25) is 11.7 Å². The average Bonchev–Trinajstić information content (AvgIpc) is 3.00. The van der Waals surface area contributed by atoms with Gasteiger partial charge in [-0.2, -0.15) is 18.2 Å². The molecule has 0 bridgehead atoms. The molecule has 2 aromatic rings. The Bertz CT molecular complexity index is 803. The number of hydrogen-bond donors (Lipinski definition) is 1. The van der Waals surface area contributed by atoms with Gasteiger partial charge in [-0.05, 0) is 30.7 Å². The summed E-state index contributed by atoms with van der Waals surface area (Å²) in [6, 6.07) is 5.08. The lowest BCUT2D eigenvalue weighted by atomic mass is 10.2. The topological polar surface area (TPSA) is 108 Å². The van der Waals surface area contributed by atoms with E-state index in [0.717, 1.165) is 6.26 Å². The summed E-state index contributed by atoms with van der Waals surface area (Å²) < 4.78 is 68.2. The van der Waals surface area contributed by atoms with Crippen LogP contribution in [0, 0.1) is 0 Å². The quantitative estimate of drug-likeness (QED) is 0.734. The third kappa shape index (κ3) is 5.80. The van der Waals surface area contributed by atoms with Gasteiger partial charge in [0.25, 0.3) is 0 Å². The van der Waals surface area contributed by atoms with Crippen molar-refractivity contribution in [2.75, 3.05) is 19.5 Å². The highest BCUT2D eigenvalue weighted by Gasteiger charge is 2.27. The predicted molar refractivity (Wildman–Crippen MR) is 81.3 cm³/mol. The fourth-order valence-electron chi connectivity index (χ4n) is 1.88. The Morgan fingerprint density at radius 2 is 1.92 bits per heavy atom. The van der Waals surface area contributed by atoms with Crippen LogP contribution in [0.15, 0.2) is 33.7 Å². The highest BCUT2D eigenvalue weighted by molar-refractivity contribution is 7.90. The zero-order valence-electron chi connectivity index (χ0n) is 13.2. The number of nitrogens with zero attached hydrogens (tertiary/aromatic N) is 2. The third-order valence-electron chi connectivity index (χ3n) is 3.14. The number of sulfone groups is 1. The van der Waals surface area contributed by atoms with Gasteiger partial charge in [0.1, 0.15) is 6.61 Å². The van der Waals surface area contributed by atoms with Crippen molar-refractivity contribution in [1.82, 2.24) is 10.1 Å². The molecule has 0 saturated heterocycles. The third-order valence-corrected chi connectivity index (χ3v) is 4.27. The molecule has 0 saturated carbocycles. The van der Waals surface area contributed by atoms with Crippen LogP contribution in [0.5, 0.6) is 0 Å². The van der Waals surface area contributed by atoms with Crippen LogP contribution < -0.4 is 5.73 Å². The van der Waals surface area contributed by atoms with Gasteiger partial charge in [0, 0.05) is 18.4 Å². The first-order chi connectivity index (χ1) is 11.6. The van der Waals surface area contributed by atoms with Crippen LogP contribution in [0.4, 0.5) is 13.2 Å². The largest absolute Gasteiger partial charge is 0.411 e. The van der Waals surface area contributed by atoms with E-state index in [9.17, 15) is 21.6 Å². The summed E-state index contributed by atoms with van der Waals surface area (Å²) in [5.74, 6) is 0.250. The van der Waals surface area contributed by atoms with E-state index >= 15 is 0 Å². The summed E-state index contributed by atoms with van der Waals surface area (Å²) in [6.45, 7) is -1.55. The summed E-state index contributed by atoms with van der Waals surface area (Å²) in [7, 11) is -3.31. The van der Waals surface area contributed by atoms with E-state index in [0.29, 0.717) is 5.56 Å². The first-order valence-corrected chi connectivity index (χ1v) is 8.99. The van der Waals surface area contributed by atoms with Crippen molar-refractivity contribution in [3.8, 4) is 11.4 Å². The lowest BCUT2D eigenvalue weighted by Crippen LogP contribution is -2.19. The second-order valence-corrected chi connectivity index (χ2v) is 7.33. The van der Waals surface area contributed by atoms with E-state index < -0.39 is 28.7 Å². The van der Waals surface area contributed by atoms with Gasteiger partial charge in [0.05, 0.1) is 10.9 Å². The van der Waals surface area contributed by atoms with E-state index in [1.807, 2.05) is 0 Å². The molecule has 0 aliphatic heterocycles. The van der Waals surface area contributed by atoms with Crippen molar-refractivity contribution in [2.45, 2.75) is 23.5 Å². The molecule has 1 aromatic carbocycles. The lowest BCUT2D eigenvalue weighted by molar-refractivity contribution is -0.174. The van der Waals surface area contributed by atoms with Gasteiger partial charge in [-0.25, -0.2) is 8.42 Å². The first-order valence-electron chi connectivity index (χ1n) is 7.10. The number of nitrogens with two attached hydrogens (primary N) is 1. The Balaban J connectivity index is 1.97. The smallest absolute Gasteiger partial charge is 0.372 e. The molecule has 0 fully saturated rings. The first kappa shape index (κ1) is 19.3. The standard InChI is InChI=1S/C14H16F3N3O4S/c1-25(21,22)10-4-2-9(3-5-10)12-19-13(24-20-12)11(18)6-7-23-8-14(15,16)17/h2-5,11H,6-8,18H2,1H3. The minimum absolute atomic E-state index is 0.0535. The van der Waals surface area contributed by atoms with Crippen molar-refractivity contribution in [1.29, 1.82) is 0 Å². The van der Waals surface area contributed by atoms with Crippen molar-refractivity contribution >= 4 is 9.84 Å². The maximum absolute atomic E-state index is 12.0. The van der Waals surface area contributed by atoms with E-state index in [-0.39, 0.29) is 29.6 Å². The molecule has 1 atom stereocenters. The number of hydrogen-bond acceptors (Lipinski definition) is 7. The number of rotatable bonds is 7. The molecule has 2 rings (SSSR count). The molecule has 138 valence electrons. The molecule has 1 unspecified atom stereocenters. The Labute approximate surface area is 141 Å². The van der Waals surface area contributed by atoms with E-state index in [1.54, 1.807) is 0 Å². The van der Waals surface area contributed by atoms with Crippen LogP contribution in [0.2, 0.25) is 0 Å². The Hall–Kier alpha value is -1.98. The van der Waals surface area contributed by atoms with Gasteiger partial charge in [-0.3, -0.25) is 0 Å².